The van der Waals surface area contributed by atoms with E-state index >= 15 is 0 Å². The Kier molecular flexibility index (Phi) is 28.8. The SMILES string of the molecule is CCCCCCCCCCCCCCCCCCCCCC(CCCCCCCCC)COS(=O)(=O)O. The van der Waals surface area contributed by atoms with Crippen molar-refractivity contribution in [3.8, 4) is 0 Å². The topological polar surface area (TPSA) is 63.6 Å². The van der Waals surface area contributed by atoms with Crippen LogP contribution < -0.4 is 0 Å². The molecule has 0 aliphatic carbocycles. The first-order chi connectivity index (χ1) is 18.0. The highest BCUT2D eigenvalue weighted by Crippen LogP contribution is 2.21. The van der Waals surface area contributed by atoms with Gasteiger partial charge in [0.05, 0.1) is 6.61 Å². The zero-order chi connectivity index (χ0) is 27.3. The largest absolute Gasteiger partial charge is 0.397 e. The number of rotatable bonds is 31. The van der Waals surface area contributed by atoms with Crippen LogP contribution in [0.3, 0.4) is 0 Å². The van der Waals surface area contributed by atoms with E-state index in [2.05, 4.69) is 13.8 Å². The Hall–Kier alpha value is -0.130. The quantitative estimate of drug-likeness (QED) is 0.0693. The lowest BCUT2D eigenvalue weighted by Gasteiger charge is -2.16. The molecule has 0 aromatic heterocycles. The van der Waals surface area contributed by atoms with E-state index in [1.165, 1.54) is 154 Å². The van der Waals surface area contributed by atoms with Gasteiger partial charge in [-0.3, -0.25) is 4.55 Å². The van der Waals surface area contributed by atoms with Gasteiger partial charge < -0.3 is 0 Å². The fourth-order valence-corrected chi connectivity index (χ4v) is 5.76. The Morgan fingerprint density at radius 3 is 0.946 bits per heavy atom. The van der Waals surface area contributed by atoms with Crippen molar-refractivity contribution >= 4 is 10.4 Å². The molecule has 1 atom stereocenters. The maximum Gasteiger partial charge on any atom is 0.397 e. The maximum atomic E-state index is 11.0. The van der Waals surface area contributed by atoms with Gasteiger partial charge in [0, 0.05) is 0 Å². The highest BCUT2D eigenvalue weighted by Gasteiger charge is 2.13. The Morgan fingerprint density at radius 1 is 0.459 bits per heavy atom. The van der Waals surface area contributed by atoms with Gasteiger partial charge in [-0.25, -0.2) is 4.18 Å². The fraction of sp³-hybridized carbons (Fsp3) is 1.00. The predicted molar refractivity (Wildman–Crippen MR) is 162 cm³/mol. The first-order valence-corrected chi connectivity index (χ1v) is 18.0. The minimum absolute atomic E-state index is 0.133. The summed E-state index contributed by atoms with van der Waals surface area (Å²) in [6, 6.07) is 0. The molecule has 0 spiro atoms. The molecule has 0 saturated carbocycles. The highest BCUT2D eigenvalue weighted by atomic mass is 32.3. The third kappa shape index (κ3) is 32.0. The molecule has 0 radical (unpaired) electrons. The number of hydrogen-bond donors (Lipinski definition) is 1. The summed E-state index contributed by atoms with van der Waals surface area (Å²) in [6.45, 7) is 4.65. The van der Waals surface area contributed by atoms with Crippen LogP contribution in [0.15, 0.2) is 0 Å². The van der Waals surface area contributed by atoms with E-state index in [0.29, 0.717) is 0 Å². The lowest BCUT2D eigenvalue weighted by atomic mass is 9.94. The van der Waals surface area contributed by atoms with Crippen molar-refractivity contribution in [2.45, 2.75) is 194 Å². The van der Waals surface area contributed by atoms with Gasteiger partial charge >= 0.3 is 10.4 Å². The van der Waals surface area contributed by atoms with Crippen LogP contribution in [0.4, 0.5) is 0 Å². The van der Waals surface area contributed by atoms with Gasteiger partial charge in [0.1, 0.15) is 0 Å². The molecule has 0 saturated heterocycles. The Balaban J connectivity index is 3.56. The minimum Gasteiger partial charge on any atom is -0.264 e. The van der Waals surface area contributed by atoms with Gasteiger partial charge in [-0.1, -0.05) is 181 Å². The van der Waals surface area contributed by atoms with Crippen LogP contribution in [-0.4, -0.2) is 19.6 Å². The molecule has 224 valence electrons. The van der Waals surface area contributed by atoms with Crippen molar-refractivity contribution in [2.24, 2.45) is 5.92 Å². The molecule has 0 fully saturated rings. The standard InChI is InChI=1S/C32H66O4S/c1-3-5-7-9-11-12-13-14-15-16-17-18-19-20-21-22-24-26-28-30-32(31-36-37(33,34)35)29-27-25-23-10-8-6-4-2/h32H,3-31H2,1-2H3,(H,33,34,35). The van der Waals surface area contributed by atoms with Gasteiger partial charge in [0.25, 0.3) is 0 Å². The molecule has 37 heavy (non-hydrogen) atoms. The van der Waals surface area contributed by atoms with E-state index in [-0.39, 0.29) is 12.5 Å². The lowest BCUT2D eigenvalue weighted by molar-refractivity contribution is 0.204. The van der Waals surface area contributed by atoms with Gasteiger partial charge in [0.15, 0.2) is 0 Å². The monoisotopic (exact) mass is 546 g/mol. The van der Waals surface area contributed by atoms with Crippen LogP contribution in [0.25, 0.3) is 0 Å². The smallest absolute Gasteiger partial charge is 0.264 e. The van der Waals surface area contributed by atoms with Crippen molar-refractivity contribution in [1.82, 2.24) is 0 Å². The van der Waals surface area contributed by atoms with Gasteiger partial charge in [0.2, 0.25) is 0 Å². The van der Waals surface area contributed by atoms with Crippen LogP contribution >= 0.6 is 0 Å². The second kappa shape index (κ2) is 28.9. The first kappa shape index (κ1) is 36.9. The molecule has 0 aliphatic heterocycles. The molecule has 1 unspecified atom stereocenters. The van der Waals surface area contributed by atoms with Crippen molar-refractivity contribution in [2.75, 3.05) is 6.61 Å². The van der Waals surface area contributed by atoms with E-state index in [4.69, 9.17) is 8.74 Å². The lowest BCUT2D eigenvalue weighted by Crippen LogP contribution is -2.14. The van der Waals surface area contributed by atoms with Crippen molar-refractivity contribution < 1.29 is 17.2 Å². The minimum atomic E-state index is -4.33. The normalized spacial score (nSPS) is 12.8. The summed E-state index contributed by atoms with van der Waals surface area (Å²) in [5, 5.41) is 0. The molecule has 5 heteroatoms. The summed E-state index contributed by atoms with van der Waals surface area (Å²) in [5.41, 5.74) is 0. The Bertz CT molecular complexity index is 535. The summed E-state index contributed by atoms with van der Waals surface area (Å²) in [7, 11) is -4.33. The molecule has 0 aliphatic rings. The molecule has 0 bridgehead atoms. The fourth-order valence-electron chi connectivity index (χ4n) is 5.39. The summed E-state index contributed by atoms with van der Waals surface area (Å²) in [4.78, 5) is 0. The highest BCUT2D eigenvalue weighted by molar-refractivity contribution is 7.80. The van der Waals surface area contributed by atoms with Gasteiger partial charge in [-0.05, 0) is 18.8 Å². The zero-order valence-electron chi connectivity index (χ0n) is 25.2. The molecule has 0 heterocycles. The van der Waals surface area contributed by atoms with Crippen LogP contribution in [0, 0.1) is 5.92 Å². The van der Waals surface area contributed by atoms with Crippen LogP contribution in [0.1, 0.15) is 194 Å². The third-order valence-electron chi connectivity index (χ3n) is 7.88. The Labute approximate surface area is 233 Å². The number of hydrogen-bond acceptors (Lipinski definition) is 3. The van der Waals surface area contributed by atoms with Gasteiger partial charge in [-0.15, -0.1) is 0 Å². The molecule has 0 aromatic rings. The second-order valence-corrected chi connectivity index (χ2v) is 12.7. The first-order valence-electron chi connectivity index (χ1n) is 16.6. The van der Waals surface area contributed by atoms with E-state index in [1.54, 1.807) is 0 Å². The molecule has 0 aromatic carbocycles. The maximum absolute atomic E-state index is 11.0. The third-order valence-corrected chi connectivity index (χ3v) is 8.32. The van der Waals surface area contributed by atoms with E-state index < -0.39 is 10.4 Å². The van der Waals surface area contributed by atoms with Crippen LogP contribution in [-0.2, 0) is 14.6 Å². The van der Waals surface area contributed by atoms with E-state index in [0.717, 1.165) is 25.7 Å². The van der Waals surface area contributed by atoms with E-state index in [1.807, 2.05) is 0 Å². The van der Waals surface area contributed by atoms with Crippen molar-refractivity contribution in [3.63, 3.8) is 0 Å². The van der Waals surface area contributed by atoms with Crippen LogP contribution in [0.5, 0.6) is 0 Å². The molecule has 1 N–H and O–H groups in total. The summed E-state index contributed by atoms with van der Waals surface area (Å²) < 4.78 is 35.7. The Morgan fingerprint density at radius 2 is 0.703 bits per heavy atom. The molecule has 4 nitrogen and oxygen atoms in total. The summed E-state index contributed by atoms with van der Waals surface area (Å²) in [6.07, 6.45) is 37.0. The molecular weight excluding hydrogens is 480 g/mol. The average molecular weight is 547 g/mol. The number of unbranched alkanes of at least 4 members (excludes halogenated alkanes) is 24. The molecular formula is C32H66O4S. The van der Waals surface area contributed by atoms with Crippen molar-refractivity contribution in [1.29, 1.82) is 0 Å². The summed E-state index contributed by atoms with van der Waals surface area (Å²) in [5.74, 6) is 0.239. The van der Waals surface area contributed by atoms with Crippen molar-refractivity contribution in [3.05, 3.63) is 0 Å². The zero-order valence-corrected chi connectivity index (χ0v) is 26.0. The predicted octanol–water partition coefficient (Wildman–Crippen LogP) is 11.4. The van der Waals surface area contributed by atoms with Gasteiger partial charge in [-0.2, -0.15) is 8.42 Å². The van der Waals surface area contributed by atoms with Crippen LogP contribution in [0.2, 0.25) is 0 Å². The van der Waals surface area contributed by atoms with E-state index in [9.17, 15) is 8.42 Å². The molecule has 0 amide bonds. The second-order valence-electron chi connectivity index (χ2n) is 11.6. The average Bonchev–Trinajstić information content (AvgIpc) is 2.87. The molecule has 0 rings (SSSR count). The summed E-state index contributed by atoms with van der Waals surface area (Å²) >= 11 is 0.